The minimum absolute atomic E-state index is 0.621. The number of para-hydroxylation sites is 1. The van der Waals surface area contributed by atoms with Gasteiger partial charge in [0.2, 0.25) is 0 Å². The van der Waals surface area contributed by atoms with E-state index in [4.69, 9.17) is 19.4 Å². The van der Waals surface area contributed by atoms with Crippen molar-refractivity contribution in [1.82, 2.24) is 15.0 Å². The number of aryl methyl sites for hydroxylation is 3. The first kappa shape index (κ1) is 28.6. The third-order valence-electron chi connectivity index (χ3n) is 9.21. The van der Waals surface area contributed by atoms with Crippen molar-refractivity contribution in [3.63, 3.8) is 0 Å². The molecule has 0 saturated heterocycles. The molecule has 0 aliphatic heterocycles. The zero-order valence-electron chi connectivity index (χ0n) is 26.9. The summed E-state index contributed by atoms with van der Waals surface area (Å²) in [7, 11) is 0. The molecule has 0 bridgehead atoms. The molecule has 47 heavy (non-hydrogen) atoms. The molecule has 0 aliphatic carbocycles. The lowest BCUT2D eigenvalue weighted by Gasteiger charge is -2.15. The number of hydrogen-bond donors (Lipinski definition) is 0. The van der Waals surface area contributed by atoms with Gasteiger partial charge in [0.05, 0.1) is 0 Å². The van der Waals surface area contributed by atoms with Crippen molar-refractivity contribution >= 4 is 21.9 Å². The molecule has 2 aromatic heterocycles. The van der Waals surface area contributed by atoms with E-state index >= 15 is 0 Å². The van der Waals surface area contributed by atoms with Gasteiger partial charge < -0.3 is 4.42 Å². The summed E-state index contributed by atoms with van der Waals surface area (Å²) >= 11 is 0. The highest BCUT2D eigenvalue weighted by molar-refractivity contribution is 6.06. The minimum atomic E-state index is 0.621. The Morgan fingerprint density at radius 2 is 0.915 bits per heavy atom. The molecule has 4 heteroatoms. The van der Waals surface area contributed by atoms with Crippen molar-refractivity contribution in [2.45, 2.75) is 27.7 Å². The third-order valence-corrected chi connectivity index (χ3v) is 9.21. The molecule has 0 aliphatic rings. The SMILES string of the molecule is Cc1ccccc1-c1cc(-c2nc(-c3ccc4oc5ccccc5c4c3)nc(-c3cccc(-c4ccccc4C)c3C)n2)ccc1C. The number of nitrogens with zero attached hydrogens (tertiary/aromatic N) is 3. The molecular weight excluding hydrogens is 574 g/mol. The van der Waals surface area contributed by atoms with Gasteiger partial charge in [-0.2, -0.15) is 0 Å². The molecule has 6 aromatic carbocycles. The molecule has 226 valence electrons. The van der Waals surface area contributed by atoms with Crippen LogP contribution in [0.25, 0.3) is 78.4 Å². The molecule has 0 fully saturated rings. The van der Waals surface area contributed by atoms with E-state index in [-0.39, 0.29) is 0 Å². The van der Waals surface area contributed by atoms with Crippen molar-refractivity contribution in [3.05, 3.63) is 150 Å². The van der Waals surface area contributed by atoms with Gasteiger partial charge in [0, 0.05) is 27.5 Å². The third kappa shape index (κ3) is 5.08. The maximum absolute atomic E-state index is 6.13. The Morgan fingerprint density at radius 1 is 0.383 bits per heavy atom. The number of hydrogen-bond acceptors (Lipinski definition) is 4. The topological polar surface area (TPSA) is 51.8 Å². The quantitative estimate of drug-likeness (QED) is 0.195. The van der Waals surface area contributed by atoms with Crippen molar-refractivity contribution in [2.24, 2.45) is 0 Å². The van der Waals surface area contributed by atoms with E-state index in [1.54, 1.807) is 0 Å². The van der Waals surface area contributed by atoms with Gasteiger partial charge in [-0.25, -0.2) is 15.0 Å². The lowest BCUT2D eigenvalue weighted by atomic mass is 9.93. The Hall–Kier alpha value is -5.87. The molecule has 0 N–H and O–H groups in total. The number of furan rings is 1. The predicted octanol–water partition coefficient (Wildman–Crippen LogP) is 11.3. The molecular formula is C43H33N3O. The first-order chi connectivity index (χ1) is 22.9. The molecule has 0 radical (unpaired) electrons. The van der Waals surface area contributed by atoms with Crippen molar-refractivity contribution in [3.8, 4) is 56.4 Å². The summed E-state index contributed by atoms with van der Waals surface area (Å²) < 4.78 is 6.13. The Balaban J connectivity index is 1.35. The van der Waals surface area contributed by atoms with Gasteiger partial charge in [-0.15, -0.1) is 0 Å². The largest absolute Gasteiger partial charge is 0.456 e. The molecule has 8 aromatic rings. The van der Waals surface area contributed by atoms with Crippen molar-refractivity contribution in [2.75, 3.05) is 0 Å². The molecule has 0 spiro atoms. The zero-order valence-corrected chi connectivity index (χ0v) is 26.9. The summed E-state index contributed by atoms with van der Waals surface area (Å²) in [5.41, 5.74) is 14.1. The average Bonchev–Trinajstić information content (AvgIpc) is 3.47. The Bertz CT molecular complexity index is 2470. The normalized spacial score (nSPS) is 11.4. The van der Waals surface area contributed by atoms with Gasteiger partial charge in [-0.3, -0.25) is 0 Å². The second-order valence-electron chi connectivity index (χ2n) is 12.3. The monoisotopic (exact) mass is 607 g/mol. The standard InChI is InChI=1S/C43H33N3O/c1-26-12-5-7-14-32(26)34-17-11-18-35(29(34)4)43-45-41(30-21-20-28(3)37(24-30)33-15-8-6-13-27(33)2)44-42(46-43)31-22-23-40-38(25-31)36-16-9-10-19-39(36)47-40/h5-25H,1-4H3. The highest BCUT2D eigenvalue weighted by atomic mass is 16.3. The van der Waals surface area contributed by atoms with Crippen LogP contribution < -0.4 is 0 Å². The van der Waals surface area contributed by atoms with E-state index in [1.165, 1.54) is 38.9 Å². The molecule has 0 unspecified atom stereocenters. The fourth-order valence-corrected chi connectivity index (χ4v) is 6.59. The maximum Gasteiger partial charge on any atom is 0.164 e. The van der Waals surface area contributed by atoms with Gasteiger partial charge in [0.1, 0.15) is 11.2 Å². The van der Waals surface area contributed by atoms with Gasteiger partial charge in [-0.1, -0.05) is 97.1 Å². The van der Waals surface area contributed by atoms with Crippen molar-refractivity contribution < 1.29 is 4.42 Å². The van der Waals surface area contributed by atoms with Crippen LogP contribution in [0.15, 0.2) is 132 Å². The summed E-state index contributed by atoms with van der Waals surface area (Å²) in [6.07, 6.45) is 0. The summed E-state index contributed by atoms with van der Waals surface area (Å²) in [5, 5.41) is 2.11. The number of aromatic nitrogens is 3. The molecule has 0 atom stereocenters. The van der Waals surface area contributed by atoms with E-state index in [1.807, 2.05) is 30.3 Å². The van der Waals surface area contributed by atoms with E-state index in [0.717, 1.165) is 44.2 Å². The Morgan fingerprint density at radius 3 is 1.66 bits per heavy atom. The summed E-state index contributed by atoms with van der Waals surface area (Å²) in [6.45, 7) is 8.62. The number of benzene rings is 6. The number of rotatable bonds is 5. The lowest BCUT2D eigenvalue weighted by molar-refractivity contribution is 0.669. The highest BCUT2D eigenvalue weighted by Crippen LogP contribution is 2.36. The van der Waals surface area contributed by atoms with Gasteiger partial charge >= 0.3 is 0 Å². The van der Waals surface area contributed by atoms with Crippen LogP contribution in [0.5, 0.6) is 0 Å². The summed E-state index contributed by atoms with van der Waals surface area (Å²) in [6, 6.07) is 44.2. The highest BCUT2D eigenvalue weighted by Gasteiger charge is 2.18. The maximum atomic E-state index is 6.13. The van der Waals surface area contributed by atoms with E-state index in [0.29, 0.717) is 17.5 Å². The second kappa shape index (κ2) is 11.5. The van der Waals surface area contributed by atoms with Crippen LogP contribution in [-0.4, -0.2) is 15.0 Å². The molecule has 4 nitrogen and oxygen atoms in total. The first-order valence-corrected chi connectivity index (χ1v) is 16.0. The lowest BCUT2D eigenvalue weighted by Crippen LogP contribution is -2.02. The van der Waals surface area contributed by atoms with E-state index in [2.05, 4.69) is 125 Å². The smallest absolute Gasteiger partial charge is 0.164 e. The van der Waals surface area contributed by atoms with Crippen LogP contribution in [-0.2, 0) is 0 Å². The molecule has 0 saturated carbocycles. The molecule has 2 heterocycles. The van der Waals surface area contributed by atoms with Gasteiger partial charge in [0.15, 0.2) is 17.5 Å². The predicted molar refractivity (Wildman–Crippen MR) is 193 cm³/mol. The Labute approximate surface area is 274 Å². The van der Waals surface area contributed by atoms with E-state index in [9.17, 15) is 0 Å². The summed E-state index contributed by atoms with van der Waals surface area (Å²) in [4.78, 5) is 15.4. The van der Waals surface area contributed by atoms with Crippen LogP contribution in [0.3, 0.4) is 0 Å². The number of fused-ring (bicyclic) bond motifs is 3. The average molecular weight is 608 g/mol. The first-order valence-electron chi connectivity index (χ1n) is 16.0. The van der Waals surface area contributed by atoms with Crippen LogP contribution in [0.2, 0.25) is 0 Å². The van der Waals surface area contributed by atoms with Crippen LogP contribution >= 0.6 is 0 Å². The fraction of sp³-hybridized carbons (Fsp3) is 0.0930. The van der Waals surface area contributed by atoms with Crippen LogP contribution in [0, 0.1) is 27.7 Å². The Kier molecular flexibility index (Phi) is 6.99. The zero-order chi connectivity index (χ0) is 32.1. The molecule has 8 rings (SSSR count). The fourth-order valence-electron chi connectivity index (χ4n) is 6.59. The van der Waals surface area contributed by atoms with Crippen LogP contribution in [0.4, 0.5) is 0 Å². The van der Waals surface area contributed by atoms with Gasteiger partial charge in [0.25, 0.3) is 0 Å². The van der Waals surface area contributed by atoms with E-state index < -0.39 is 0 Å². The minimum Gasteiger partial charge on any atom is -0.456 e. The molecule has 0 amide bonds. The van der Waals surface area contributed by atoms with Gasteiger partial charge in [-0.05, 0) is 103 Å². The summed E-state index contributed by atoms with van der Waals surface area (Å²) in [5.74, 6) is 1.90. The van der Waals surface area contributed by atoms with Crippen molar-refractivity contribution in [1.29, 1.82) is 0 Å². The second-order valence-corrected chi connectivity index (χ2v) is 12.3. The van der Waals surface area contributed by atoms with Crippen LogP contribution in [0.1, 0.15) is 22.3 Å².